The fraction of sp³-hybridized carbons (Fsp3) is 0.278. The van der Waals surface area contributed by atoms with E-state index < -0.39 is 16.7 Å². The molecule has 0 aliphatic heterocycles. The van der Waals surface area contributed by atoms with Crippen molar-refractivity contribution in [2.24, 2.45) is 0 Å². The first-order valence-electron chi connectivity index (χ1n) is 8.06. The summed E-state index contributed by atoms with van der Waals surface area (Å²) in [5.74, 6) is -0.231. The minimum absolute atomic E-state index is 0.0201. The zero-order valence-electron chi connectivity index (χ0n) is 14.2. The number of para-hydroxylation sites is 2. The Bertz CT molecular complexity index is 809. The van der Waals surface area contributed by atoms with Crippen LogP contribution in [0.3, 0.4) is 0 Å². The molecule has 2 aromatic carbocycles. The van der Waals surface area contributed by atoms with Crippen molar-refractivity contribution in [1.82, 2.24) is 5.32 Å². The smallest absolute Gasteiger partial charge is 0.416 e. The summed E-state index contributed by atoms with van der Waals surface area (Å²) in [6.07, 6.45) is -4.04. The van der Waals surface area contributed by atoms with E-state index in [4.69, 9.17) is 4.74 Å². The van der Waals surface area contributed by atoms with E-state index in [1.165, 1.54) is 30.3 Å². The first-order valence-corrected chi connectivity index (χ1v) is 8.06. The van der Waals surface area contributed by atoms with E-state index in [1.807, 2.05) is 0 Å². The second-order valence-electron chi connectivity index (χ2n) is 5.65. The fourth-order valence-electron chi connectivity index (χ4n) is 2.29. The van der Waals surface area contributed by atoms with Crippen LogP contribution in [0, 0.1) is 10.1 Å². The first-order chi connectivity index (χ1) is 12.8. The largest absolute Gasteiger partial charge is 0.487 e. The summed E-state index contributed by atoms with van der Waals surface area (Å²) >= 11 is 0. The molecule has 0 fully saturated rings. The van der Waals surface area contributed by atoms with Crippen molar-refractivity contribution >= 4 is 11.6 Å². The van der Waals surface area contributed by atoms with Crippen LogP contribution >= 0.6 is 0 Å². The molecule has 0 unspecified atom stereocenters. The van der Waals surface area contributed by atoms with Gasteiger partial charge >= 0.3 is 11.9 Å². The number of hydrogen-bond acceptors (Lipinski definition) is 4. The zero-order valence-corrected chi connectivity index (χ0v) is 14.2. The SMILES string of the molecule is O=C(CCCOc1ccccc1[N+](=O)[O-])NCc1cccc(C(F)(F)F)c1. The Morgan fingerprint density at radius 1 is 1.15 bits per heavy atom. The molecule has 0 aromatic heterocycles. The second-order valence-corrected chi connectivity index (χ2v) is 5.65. The van der Waals surface area contributed by atoms with Gasteiger partial charge in [0.25, 0.3) is 0 Å². The van der Waals surface area contributed by atoms with Crippen LogP contribution in [-0.2, 0) is 17.5 Å². The van der Waals surface area contributed by atoms with Gasteiger partial charge in [0, 0.05) is 19.0 Å². The van der Waals surface area contributed by atoms with E-state index in [1.54, 1.807) is 6.07 Å². The molecule has 0 heterocycles. The van der Waals surface area contributed by atoms with Crippen LogP contribution < -0.4 is 10.1 Å². The van der Waals surface area contributed by atoms with E-state index in [-0.39, 0.29) is 36.9 Å². The van der Waals surface area contributed by atoms with Crippen molar-refractivity contribution in [3.63, 3.8) is 0 Å². The Morgan fingerprint density at radius 3 is 2.59 bits per heavy atom. The first kappa shape index (κ1) is 20.2. The molecule has 0 spiro atoms. The van der Waals surface area contributed by atoms with Crippen LogP contribution in [0.15, 0.2) is 48.5 Å². The number of halogens is 3. The van der Waals surface area contributed by atoms with Crippen LogP contribution in [0.5, 0.6) is 5.75 Å². The highest BCUT2D eigenvalue weighted by Crippen LogP contribution is 2.29. The minimum atomic E-state index is -4.43. The fourth-order valence-corrected chi connectivity index (χ4v) is 2.29. The highest BCUT2D eigenvalue weighted by molar-refractivity contribution is 5.75. The maximum absolute atomic E-state index is 12.6. The molecular formula is C18H17F3N2O4. The summed E-state index contributed by atoms with van der Waals surface area (Å²) in [5, 5.41) is 13.4. The molecule has 144 valence electrons. The molecule has 6 nitrogen and oxygen atoms in total. The van der Waals surface area contributed by atoms with Gasteiger partial charge in [0.15, 0.2) is 5.75 Å². The molecule has 2 aromatic rings. The quantitative estimate of drug-likeness (QED) is 0.424. The standard InChI is InChI=1S/C18H17F3N2O4/c19-18(20,21)14-6-3-5-13(11-14)12-22-17(24)9-4-10-27-16-8-2-1-7-15(16)23(25)26/h1-3,5-8,11H,4,9-10,12H2,(H,22,24). The summed E-state index contributed by atoms with van der Waals surface area (Å²) in [4.78, 5) is 22.1. The van der Waals surface area contributed by atoms with Gasteiger partial charge in [-0.2, -0.15) is 13.2 Å². The minimum Gasteiger partial charge on any atom is -0.487 e. The lowest BCUT2D eigenvalue weighted by atomic mass is 10.1. The summed E-state index contributed by atoms with van der Waals surface area (Å²) in [5.41, 5.74) is -0.590. The summed E-state index contributed by atoms with van der Waals surface area (Å²) in [6, 6.07) is 10.6. The molecule has 0 aliphatic carbocycles. The van der Waals surface area contributed by atoms with Crippen molar-refractivity contribution < 1.29 is 27.6 Å². The predicted molar refractivity (Wildman–Crippen MR) is 91.1 cm³/mol. The molecule has 0 bridgehead atoms. The lowest BCUT2D eigenvalue weighted by Gasteiger charge is -2.10. The number of nitro groups is 1. The Morgan fingerprint density at radius 2 is 1.89 bits per heavy atom. The predicted octanol–water partition coefficient (Wildman–Crippen LogP) is 4.09. The van der Waals surface area contributed by atoms with Crippen LogP contribution in [-0.4, -0.2) is 17.4 Å². The molecule has 27 heavy (non-hydrogen) atoms. The number of benzene rings is 2. The topological polar surface area (TPSA) is 81.5 Å². The Balaban J connectivity index is 1.75. The van der Waals surface area contributed by atoms with Crippen molar-refractivity contribution in [2.45, 2.75) is 25.6 Å². The third kappa shape index (κ3) is 6.28. The van der Waals surface area contributed by atoms with E-state index >= 15 is 0 Å². The van der Waals surface area contributed by atoms with Gasteiger partial charge in [-0.15, -0.1) is 0 Å². The highest BCUT2D eigenvalue weighted by Gasteiger charge is 2.30. The summed E-state index contributed by atoms with van der Waals surface area (Å²) < 4.78 is 43.3. The lowest BCUT2D eigenvalue weighted by molar-refractivity contribution is -0.385. The average molecular weight is 382 g/mol. The molecular weight excluding hydrogens is 365 g/mol. The molecule has 0 saturated carbocycles. The van der Waals surface area contributed by atoms with E-state index in [2.05, 4.69) is 5.32 Å². The number of amides is 1. The Labute approximate surface area is 153 Å². The summed E-state index contributed by atoms with van der Waals surface area (Å²) in [7, 11) is 0. The van der Waals surface area contributed by atoms with Gasteiger partial charge in [-0.05, 0) is 30.2 Å². The maximum Gasteiger partial charge on any atom is 0.416 e. The molecule has 0 aliphatic rings. The number of hydrogen-bond donors (Lipinski definition) is 1. The summed E-state index contributed by atoms with van der Waals surface area (Å²) in [6.45, 7) is 0.0790. The van der Waals surface area contributed by atoms with Gasteiger partial charge in [-0.25, -0.2) is 0 Å². The van der Waals surface area contributed by atoms with Gasteiger partial charge < -0.3 is 10.1 Å². The maximum atomic E-state index is 12.6. The van der Waals surface area contributed by atoms with Gasteiger partial charge in [0.2, 0.25) is 5.91 Å². The number of carbonyl (C=O) groups excluding carboxylic acids is 1. The van der Waals surface area contributed by atoms with Crippen LogP contribution in [0.2, 0.25) is 0 Å². The van der Waals surface area contributed by atoms with Crippen LogP contribution in [0.25, 0.3) is 0 Å². The zero-order chi connectivity index (χ0) is 19.9. The molecule has 0 radical (unpaired) electrons. The normalized spacial score (nSPS) is 11.1. The number of carbonyl (C=O) groups is 1. The second kappa shape index (κ2) is 9.02. The van der Waals surface area contributed by atoms with Gasteiger partial charge in [-0.3, -0.25) is 14.9 Å². The van der Waals surface area contributed by atoms with Crippen LogP contribution in [0.4, 0.5) is 18.9 Å². The number of rotatable bonds is 8. The van der Waals surface area contributed by atoms with Crippen molar-refractivity contribution in [1.29, 1.82) is 0 Å². The van der Waals surface area contributed by atoms with Crippen molar-refractivity contribution in [3.8, 4) is 5.75 Å². The molecule has 0 atom stereocenters. The lowest BCUT2D eigenvalue weighted by Crippen LogP contribution is -2.23. The van der Waals surface area contributed by atoms with Gasteiger partial charge in [0.1, 0.15) is 0 Å². The molecule has 9 heteroatoms. The van der Waals surface area contributed by atoms with Crippen LogP contribution in [0.1, 0.15) is 24.0 Å². The van der Waals surface area contributed by atoms with E-state index in [0.29, 0.717) is 12.0 Å². The highest BCUT2D eigenvalue weighted by atomic mass is 19.4. The van der Waals surface area contributed by atoms with E-state index in [9.17, 15) is 28.1 Å². The van der Waals surface area contributed by atoms with Crippen molar-refractivity contribution in [2.75, 3.05) is 6.61 Å². The monoisotopic (exact) mass is 382 g/mol. The average Bonchev–Trinajstić information content (AvgIpc) is 2.63. The molecule has 2 rings (SSSR count). The van der Waals surface area contributed by atoms with E-state index in [0.717, 1.165) is 12.1 Å². The van der Waals surface area contributed by atoms with Gasteiger partial charge in [-0.1, -0.05) is 24.3 Å². The number of alkyl halides is 3. The number of nitrogens with one attached hydrogen (secondary N) is 1. The molecule has 1 N–H and O–H groups in total. The third-order valence-electron chi connectivity index (χ3n) is 3.61. The van der Waals surface area contributed by atoms with Gasteiger partial charge in [0.05, 0.1) is 17.1 Å². The number of nitro benzene ring substituents is 1. The molecule has 1 amide bonds. The number of nitrogens with zero attached hydrogens (tertiary/aromatic N) is 1. The Hall–Kier alpha value is -3.10. The Kier molecular flexibility index (Phi) is 6.75. The number of ether oxygens (including phenoxy) is 1. The molecule has 0 saturated heterocycles. The van der Waals surface area contributed by atoms with Crippen molar-refractivity contribution in [3.05, 3.63) is 69.8 Å². The third-order valence-corrected chi connectivity index (χ3v) is 3.61.